The third-order valence-corrected chi connectivity index (χ3v) is 10.7. The van der Waals surface area contributed by atoms with Crippen molar-refractivity contribution in [2.45, 2.75) is 13.1 Å². The second-order valence-electron chi connectivity index (χ2n) is 15.5. The lowest BCUT2D eigenvalue weighted by Gasteiger charge is -2.09. The van der Waals surface area contributed by atoms with Crippen LogP contribution < -0.4 is 20.3 Å². The molecule has 346 valence electrons. The molecule has 16 heteroatoms. The lowest BCUT2D eigenvalue weighted by molar-refractivity contribution is 0.0333. The minimum Gasteiger partial charge on any atom is -0.491 e. The van der Waals surface area contributed by atoms with Gasteiger partial charge in [0.2, 0.25) is 0 Å². The highest BCUT2D eigenvalue weighted by Gasteiger charge is 2.11. The SMILES string of the molecule is O=c1cc(-c2ccc(OCCOCCOCCn3cc(-c4cccc(-c5cn(CCOCCOCCOc6ccc(-c7cc(=O)c8ccccc8o7)cc6)nn5)c4)nn3)cc2)oc2ccccc12. The molecule has 0 aliphatic heterocycles. The quantitative estimate of drug-likeness (QED) is 0.0533. The molecule has 5 aromatic carbocycles. The number of rotatable bonds is 24. The van der Waals surface area contributed by atoms with Gasteiger partial charge in [0, 0.05) is 34.4 Å². The molecule has 0 atom stereocenters. The molecule has 0 amide bonds. The number of hydrogen-bond donors (Lipinski definition) is 0. The summed E-state index contributed by atoms with van der Waals surface area (Å²) in [6.45, 7) is 5.31. The van der Waals surface area contributed by atoms with Crippen LogP contribution >= 0.6 is 0 Å². The summed E-state index contributed by atoms with van der Waals surface area (Å²) in [6, 6.07) is 40.2. The number of para-hydroxylation sites is 2. The fraction of sp³-hybridized carbons (Fsp3) is 0.231. The van der Waals surface area contributed by atoms with Crippen molar-refractivity contribution in [2.75, 3.05) is 66.1 Å². The number of ether oxygens (including phenoxy) is 6. The maximum atomic E-state index is 12.5. The Labute approximate surface area is 390 Å². The van der Waals surface area contributed by atoms with Crippen LogP contribution in [0.4, 0.5) is 0 Å². The summed E-state index contributed by atoms with van der Waals surface area (Å²) in [4.78, 5) is 24.9. The van der Waals surface area contributed by atoms with Crippen LogP contribution in [0.25, 0.3) is 67.1 Å². The van der Waals surface area contributed by atoms with Crippen LogP contribution in [0.3, 0.4) is 0 Å². The van der Waals surface area contributed by atoms with Gasteiger partial charge in [-0.1, -0.05) is 52.9 Å². The van der Waals surface area contributed by atoms with Crippen LogP contribution in [0.15, 0.2) is 164 Å². The van der Waals surface area contributed by atoms with Gasteiger partial charge in [-0.2, -0.15) is 0 Å². The maximum Gasteiger partial charge on any atom is 0.193 e. The lowest BCUT2D eigenvalue weighted by atomic mass is 10.1. The highest BCUT2D eigenvalue weighted by atomic mass is 16.5. The first-order valence-corrected chi connectivity index (χ1v) is 22.3. The zero-order valence-corrected chi connectivity index (χ0v) is 37.1. The molecule has 0 aliphatic carbocycles. The van der Waals surface area contributed by atoms with E-state index in [0.717, 1.165) is 33.6 Å². The summed E-state index contributed by atoms with van der Waals surface area (Å²) in [7, 11) is 0. The molecule has 9 rings (SSSR count). The van der Waals surface area contributed by atoms with Gasteiger partial charge in [0.1, 0.15) is 58.8 Å². The van der Waals surface area contributed by atoms with Gasteiger partial charge in [0.05, 0.1) is 89.1 Å². The van der Waals surface area contributed by atoms with Gasteiger partial charge in [-0.05, 0) is 78.9 Å². The Kier molecular flexibility index (Phi) is 15.1. The fourth-order valence-corrected chi connectivity index (χ4v) is 7.24. The van der Waals surface area contributed by atoms with Crippen molar-refractivity contribution >= 4 is 21.9 Å². The van der Waals surface area contributed by atoms with E-state index in [0.29, 0.717) is 124 Å². The van der Waals surface area contributed by atoms with Gasteiger partial charge < -0.3 is 37.3 Å². The van der Waals surface area contributed by atoms with Gasteiger partial charge in [0.25, 0.3) is 0 Å². The van der Waals surface area contributed by atoms with Crippen LogP contribution in [-0.4, -0.2) is 96.1 Å². The predicted octanol–water partition coefficient (Wildman–Crippen LogP) is 7.97. The zero-order valence-electron chi connectivity index (χ0n) is 37.1. The molecule has 0 saturated heterocycles. The fourth-order valence-electron chi connectivity index (χ4n) is 7.24. The van der Waals surface area contributed by atoms with E-state index in [2.05, 4.69) is 20.6 Å². The molecular weight excluding hydrogens is 869 g/mol. The van der Waals surface area contributed by atoms with E-state index in [1.165, 1.54) is 12.1 Å². The normalized spacial score (nSPS) is 11.4. The van der Waals surface area contributed by atoms with Gasteiger partial charge in [-0.3, -0.25) is 9.59 Å². The molecule has 16 nitrogen and oxygen atoms in total. The molecule has 9 aromatic rings. The molecule has 0 radical (unpaired) electrons. The van der Waals surface area contributed by atoms with Gasteiger partial charge in [0.15, 0.2) is 10.9 Å². The predicted molar refractivity (Wildman–Crippen MR) is 255 cm³/mol. The van der Waals surface area contributed by atoms with Crippen molar-refractivity contribution < 1.29 is 37.3 Å². The first kappa shape index (κ1) is 45.4. The van der Waals surface area contributed by atoms with Crippen molar-refractivity contribution in [3.63, 3.8) is 0 Å². The van der Waals surface area contributed by atoms with Crippen LogP contribution in [0, 0.1) is 0 Å². The third kappa shape index (κ3) is 12.0. The summed E-state index contributed by atoms with van der Waals surface area (Å²) >= 11 is 0. The number of fused-ring (bicyclic) bond motifs is 2. The molecule has 4 heterocycles. The average Bonchev–Trinajstić information content (AvgIpc) is 4.06. The van der Waals surface area contributed by atoms with E-state index in [9.17, 15) is 9.59 Å². The molecule has 0 saturated carbocycles. The Balaban J connectivity index is 0.611. The van der Waals surface area contributed by atoms with Gasteiger partial charge in [-0.25, -0.2) is 9.36 Å². The van der Waals surface area contributed by atoms with E-state index < -0.39 is 0 Å². The van der Waals surface area contributed by atoms with Gasteiger partial charge in [-0.15, -0.1) is 10.2 Å². The molecule has 0 bridgehead atoms. The molecule has 0 unspecified atom stereocenters. The topological polar surface area (TPSA) is 177 Å². The molecule has 0 spiro atoms. The number of aromatic nitrogens is 6. The largest absolute Gasteiger partial charge is 0.491 e. The van der Waals surface area contributed by atoms with E-state index in [4.69, 9.17) is 37.3 Å². The standard InChI is InChI=1S/C52H48N6O10/c59-47-33-51(67-49-10-3-1-8-43(47)49)37-12-16-41(17-13-37)65-30-28-63-26-24-61-22-20-57-35-45(53-55-57)39-6-5-7-40(32-39)46-36-58(56-54-46)21-23-62-25-27-64-29-31-66-42-18-14-38(15-19-42)52-34-48(60)44-9-2-4-11-50(44)68-52/h1-19,32-36H,20-31H2. The van der Waals surface area contributed by atoms with E-state index in [1.807, 2.05) is 109 Å². The summed E-state index contributed by atoms with van der Waals surface area (Å²) < 4.78 is 49.8. The second kappa shape index (κ2) is 22.6. The zero-order chi connectivity index (χ0) is 46.3. The Morgan fingerprint density at radius 2 is 0.824 bits per heavy atom. The molecule has 0 aliphatic rings. The molecule has 68 heavy (non-hydrogen) atoms. The van der Waals surface area contributed by atoms with Crippen LogP contribution in [0.5, 0.6) is 11.5 Å². The highest BCUT2D eigenvalue weighted by Crippen LogP contribution is 2.27. The number of benzene rings is 5. The monoisotopic (exact) mass is 916 g/mol. The molecule has 0 N–H and O–H groups in total. The smallest absolute Gasteiger partial charge is 0.193 e. The first-order chi connectivity index (χ1) is 33.5. The Morgan fingerprint density at radius 1 is 0.412 bits per heavy atom. The van der Waals surface area contributed by atoms with Crippen molar-refractivity contribution in [1.29, 1.82) is 0 Å². The van der Waals surface area contributed by atoms with E-state index in [-0.39, 0.29) is 10.9 Å². The van der Waals surface area contributed by atoms with Crippen LogP contribution in [-0.2, 0) is 32.0 Å². The Hall–Kier alpha value is -7.76. The molecular formula is C52H48N6O10. The van der Waals surface area contributed by atoms with E-state index in [1.54, 1.807) is 33.6 Å². The van der Waals surface area contributed by atoms with E-state index >= 15 is 0 Å². The average molecular weight is 917 g/mol. The third-order valence-electron chi connectivity index (χ3n) is 10.7. The van der Waals surface area contributed by atoms with Crippen molar-refractivity contribution in [3.8, 4) is 56.7 Å². The lowest BCUT2D eigenvalue weighted by Crippen LogP contribution is -2.13. The summed E-state index contributed by atoms with van der Waals surface area (Å²) in [6.07, 6.45) is 3.78. The van der Waals surface area contributed by atoms with Crippen LogP contribution in [0.1, 0.15) is 0 Å². The summed E-state index contributed by atoms with van der Waals surface area (Å²) in [5.41, 5.74) is 5.84. The molecule has 4 aromatic heterocycles. The van der Waals surface area contributed by atoms with Crippen molar-refractivity contribution in [1.82, 2.24) is 30.0 Å². The second-order valence-corrected chi connectivity index (χ2v) is 15.5. The minimum absolute atomic E-state index is 0.0768. The van der Waals surface area contributed by atoms with Crippen molar-refractivity contribution in [2.24, 2.45) is 0 Å². The minimum atomic E-state index is -0.0768. The molecule has 0 fully saturated rings. The number of hydrogen-bond acceptors (Lipinski definition) is 14. The summed E-state index contributed by atoms with van der Waals surface area (Å²) in [5.74, 6) is 2.40. The first-order valence-electron chi connectivity index (χ1n) is 22.3. The summed E-state index contributed by atoms with van der Waals surface area (Å²) in [5, 5.41) is 18.4. The van der Waals surface area contributed by atoms with Gasteiger partial charge >= 0.3 is 0 Å². The Bertz CT molecular complexity index is 2960. The number of nitrogens with zero attached hydrogens (tertiary/aromatic N) is 6. The Morgan fingerprint density at radius 3 is 1.28 bits per heavy atom. The van der Waals surface area contributed by atoms with Crippen LogP contribution in [0.2, 0.25) is 0 Å². The maximum absolute atomic E-state index is 12.5. The van der Waals surface area contributed by atoms with Crippen molar-refractivity contribution in [3.05, 3.63) is 166 Å². The highest BCUT2D eigenvalue weighted by molar-refractivity contribution is 5.79.